The molecule has 2 rings (SSSR count). The van der Waals surface area contributed by atoms with Gasteiger partial charge < -0.3 is 10.1 Å². The third-order valence-corrected chi connectivity index (χ3v) is 2.63. The molecule has 1 aromatic rings. The Hall–Kier alpha value is -1.03. The van der Waals surface area contributed by atoms with Crippen molar-refractivity contribution in [2.45, 2.75) is 38.8 Å². The molecule has 0 spiro atoms. The summed E-state index contributed by atoms with van der Waals surface area (Å²) in [4.78, 5) is 0. The van der Waals surface area contributed by atoms with Crippen molar-refractivity contribution < 1.29 is 4.74 Å². The lowest BCUT2D eigenvalue weighted by atomic mass is 10.1. The molecular weight excluding hydrogens is 190 g/mol. The van der Waals surface area contributed by atoms with E-state index in [2.05, 4.69) is 10.4 Å². The zero-order chi connectivity index (χ0) is 10.7. The number of nitrogens with zero attached hydrogens (tertiary/aromatic N) is 2. The zero-order valence-electron chi connectivity index (χ0n) is 9.44. The summed E-state index contributed by atoms with van der Waals surface area (Å²) in [5.41, 5.74) is 0. The summed E-state index contributed by atoms with van der Waals surface area (Å²) in [7, 11) is 0. The second-order valence-electron chi connectivity index (χ2n) is 4.30. The molecule has 4 heteroatoms. The quantitative estimate of drug-likeness (QED) is 0.821. The van der Waals surface area contributed by atoms with Gasteiger partial charge in [0.05, 0.1) is 24.5 Å². The molecule has 0 atom stereocenters. The molecule has 0 aliphatic carbocycles. The molecule has 0 saturated carbocycles. The summed E-state index contributed by atoms with van der Waals surface area (Å²) in [5.74, 6) is 0.878. The number of piperidine rings is 1. The van der Waals surface area contributed by atoms with Crippen LogP contribution in [0.25, 0.3) is 0 Å². The molecule has 1 saturated heterocycles. The minimum absolute atomic E-state index is 0.218. The van der Waals surface area contributed by atoms with E-state index in [0.29, 0.717) is 6.04 Å². The second-order valence-corrected chi connectivity index (χ2v) is 4.30. The minimum Gasteiger partial charge on any atom is -0.488 e. The van der Waals surface area contributed by atoms with Gasteiger partial charge in [-0.25, -0.2) is 0 Å². The smallest absolute Gasteiger partial charge is 0.157 e. The van der Waals surface area contributed by atoms with Crippen LogP contribution in [0.4, 0.5) is 0 Å². The number of rotatable bonds is 3. The molecule has 1 N–H and O–H groups in total. The van der Waals surface area contributed by atoms with Crippen LogP contribution in [0, 0.1) is 0 Å². The van der Waals surface area contributed by atoms with E-state index in [4.69, 9.17) is 4.74 Å². The van der Waals surface area contributed by atoms with Crippen LogP contribution >= 0.6 is 0 Å². The second kappa shape index (κ2) is 4.66. The van der Waals surface area contributed by atoms with Crippen LogP contribution in [0.1, 0.15) is 32.7 Å². The standard InChI is InChI=1S/C11H19N3O/c1-9(2)15-11-7-13-14(8-11)10-3-5-12-6-4-10/h7-10,12H,3-6H2,1-2H3. The van der Waals surface area contributed by atoms with Gasteiger partial charge in [0, 0.05) is 0 Å². The molecule has 84 valence electrons. The Balaban J connectivity index is 1.99. The zero-order valence-corrected chi connectivity index (χ0v) is 9.44. The fraction of sp³-hybridized carbons (Fsp3) is 0.727. The number of hydrogen-bond donors (Lipinski definition) is 1. The SMILES string of the molecule is CC(C)Oc1cnn(C2CCNCC2)c1. The van der Waals surface area contributed by atoms with E-state index >= 15 is 0 Å². The van der Waals surface area contributed by atoms with Crippen LogP contribution in [0.5, 0.6) is 5.75 Å². The van der Waals surface area contributed by atoms with Gasteiger partial charge in [-0.3, -0.25) is 4.68 Å². The van der Waals surface area contributed by atoms with E-state index < -0.39 is 0 Å². The maximum absolute atomic E-state index is 5.59. The average molecular weight is 209 g/mol. The average Bonchev–Trinajstić information content (AvgIpc) is 2.67. The normalized spacial score (nSPS) is 18.3. The molecule has 2 heterocycles. The number of ether oxygens (including phenoxy) is 1. The third-order valence-electron chi connectivity index (χ3n) is 2.63. The van der Waals surface area contributed by atoms with Crippen LogP contribution in [-0.4, -0.2) is 29.0 Å². The maximum atomic E-state index is 5.59. The lowest BCUT2D eigenvalue weighted by molar-refractivity contribution is 0.241. The summed E-state index contributed by atoms with van der Waals surface area (Å²) in [6.45, 7) is 6.24. The van der Waals surface area contributed by atoms with Crippen LogP contribution in [-0.2, 0) is 0 Å². The molecule has 0 unspecified atom stereocenters. The van der Waals surface area contributed by atoms with Crippen molar-refractivity contribution in [3.05, 3.63) is 12.4 Å². The van der Waals surface area contributed by atoms with Gasteiger partial charge in [-0.2, -0.15) is 5.10 Å². The highest BCUT2D eigenvalue weighted by Crippen LogP contribution is 2.20. The Morgan fingerprint density at radius 1 is 1.47 bits per heavy atom. The summed E-state index contributed by atoms with van der Waals surface area (Å²) >= 11 is 0. The van der Waals surface area contributed by atoms with E-state index in [-0.39, 0.29) is 6.10 Å². The Morgan fingerprint density at radius 2 is 2.20 bits per heavy atom. The fourth-order valence-electron chi connectivity index (χ4n) is 1.92. The third kappa shape index (κ3) is 2.72. The monoisotopic (exact) mass is 209 g/mol. The van der Waals surface area contributed by atoms with E-state index in [9.17, 15) is 0 Å². The fourth-order valence-corrected chi connectivity index (χ4v) is 1.92. The van der Waals surface area contributed by atoms with E-state index in [1.807, 2.05) is 30.9 Å². The Bertz CT molecular complexity index is 303. The minimum atomic E-state index is 0.218. The Labute approximate surface area is 90.6 Å². The number of nitrogens with one attached hydrogen (secondary N) is 1. The van der Waals surface area contributed by atoms with Gasteiger partial charge in [-0.15, -0.1) is 0 Å². The number of aromatic nitrogens is 2. The summed E-state index contributed by atoms with van der Waals surface area (Å²) in [6.07, 6.45) is 6.35. The molecule has 1 aromatic heterocycles. The van der Waals surface area contributed by atoms with Crippen molar-refractivity contribution in [3.63, 3.8) is 0 Å². The summed E-state index contributed by atoms with van der Waals surface area (Å²) in [6, 6.07) is 0.538. The molecule has 4 nitrogen and oxygen atoms in total. The van der Waals surface area contributed by atoms with Gasteiger partial charge in [0.1, 0.15) is 0 Å². The predicted molar refractivity (Wildman–Crippen MR) is 59.1 cm³/mol. The number of hydrogen-bond acceptors (Lipinski definition) is 3. The Kier molecular flexibility index (Phi) is 3.26. The topological polar surface area (TPSA) is 39.1 Å². The molecule has 1 aliphatic heterocycles. The van der Waals surface area contributed by atoms with Gasteiger partial charge >= 0.3 is 0 Å². The van der Waals surface area contributed by atoms with E-state index in [1.54, 1.807) is 0 Å². The van der Waals surface area contributed by atoms with Gasteiger partial charge in [0.2, 0.25) is 0 Å². The van der Waals surface area contributed by atoms with Gasteiger partial charge in [0.25, 0.3) is 0 Å². The van der Waals surface area contributed by atoms with Crippen molar-refractivity contribution in [1.29, 1.82) is 0 Å². The van der Waals surface area contributed by atoms with Crippen molar-refractivity contribution in [1.82, 2.24) is 15.1 Å². The Morgan fingerprint density at radius 3 is 2.87 bits per heavy atom. The van der Waals surface area contributed by atoms with E-state index in [0.717, 1.165) is 31.7 Å². The first-order valence-corrected chi connectivity index (χ1v) is 5.67. The molecule has 0 bridgehead atoms. The van der Waals surface area contributed by atoms with Crippen molar-refractivity contribution >= 4 is 0 Å². The lowest BCUT2D eigenvalue weighted by Crippen LogP contribution is -2.29. The van der Waals surface area contributed by atoms with Gasteiger partial charge in [-0.05, 0) is 39.8 Å². The van der Waals surface area contributed by atoms with Gasteiger partial charge in [0.15, 0.2) is 5.75 Å². The maximum Gasteiger partial charge on any atom is 0.157 e. The first-order valence-electron chi connectivity index (χ1n) is 5.67. The highest BCUT2D eigenvalue weighted by molar-refractivity contribution is 5.12. The van der Waals surface area contributed by atoms with Crippen LogP contribution in [0.15, 0.2) is 12.4 Å². The van der Waals surface area contributed by atoms with Crippen molar-refractivity contribution in [3.8, 4) is 5.75 Å². The lowest BCUT2D eigenvalue weighted by Gasteiger charge is -2.22. The van der Waals surface area contributed by atoms with Crippen LogP contribution in [0.3, 0.4) is 0 Å². The molecule has 0 aromatic carbocycles. The summed E-state index contributed by atoms with van der Waals surface area (Å²) < 4.78 is 7.63. The molecule has 1 fully saturated rings. The molecule has 1 aliphatic rings. The predicted octanol–water partition coefficient (Wildman–Crippen LogP) is 1.59. The van der Waals surface area contributed by atoms with Crippen LogP contribution in [0.2, 0.25) is 0 Å². The van der Waals surface area contributed by atoms with Crippen molar-refractivity contribution in [2.75, 3.05) is 13.1 Å². The first kappa shape index (κ1) is 10.5. The largest absolute Gasteiger partial charge is 0.488 e. The summed E-state index contributed by atoms with van der Waals surface area (Å²) in [5, 5.41) is 7.71. The van der Waals surface area contributed by atoms with Gasteiger partial charge in [-0.1, -0.05) is 0 Å². The van der Waals surface area contributed by atoms with Crippen molar-refractivity contribution in [2.24, 2.45) is 0 Å². The van der Waals surface area contributed by atoms with Crippen LogP contribution < -0.4 is 10.1 Å². The highest BCUT2D eigenvalue weighted by Gasteiger charge is 2.15. The highest BCUT2D eigenvalue weighted by atomic mass is 16.5. The first-order chi connectivity index (χ1) is 7.25. The molecule has 15 heavy (non-hydrogen) atoms. The molecule has 0 amide bonds. The molecule has 0 radical (unpaired) electrons. The molecular formula is C11H19N3O. The van der Waals surface area contributed by atoms with E-state index in [1.165, 1.54) is 0 Å².